The molecule has 8 nitrogen and oxygen atoms in total. The number of carbonyl (C=O) groups excluding carboxylic acids is 3. The average Bonchev–Trinajstić information content (AvgIpc) is 3.22. The van der Waals surface area contributed by atoms with Crippen molar-refractivity contribution >= 4 is 17.7 Å². The lowest BCUT2D eigenvalue weighted by Crippen LogP contribution is -2.58. The van der Waals surface area contributed by atoms with Gasteiger partial charge in [-0.1, -0.05) is 26.7 Å². The summed E-state index contributed by atoms with van der Waals surface area (Å²) in [4.78, 5) is 42.4. The molecule has 0 aromatic rings. The number of amides is 3. The van der Waals surface area contributed by atoms with E-state index in [2.05, 4.69) is 17.6 Å². The summed E-state index contributed by atoms with van der Waals surface area (Å²) in [7, 11) is 0. The number of hydrogen-bond acceptors (Lipinski definition) is 5. The largest absolute Gasteiger partial charge is 0.396 e. The zero-order chi connectivity index (χ0) is 24.6. The van der Waals surface area contributed by atoms with Gasteiger partial charge in [0, 0.05) is 25.2 Å². The van der Waals surface area contributed by atoms with E-state index in [0.717, 1.165) is 32.1 Å². The zero-order valence-electron chi connectivity index (χ0n) is 21.2. The summed E-state index contributed by atoms with van der Waals surface area (Å²) >= 11 is 0. The molecule has 3 saturated heterocycles. The van der Waals surface area contributed by atoms with Gasteiger partial charge in [-0.15, -0.1) is 0 Å². The minimum atomic E-state index is -0.986. The summed E-state index contributed by atoms with van der Waals surface area (Å²) < 4.78 is 6.67. The number of ether oxygens (including phenoxy) is 1. The van der Waals surface area contributed by atoms with Crippen LogP contribution in [-0.4, -0.2) is 70.2 Å². The molecule has 188 valence electrons. The molecule has 0 radical (unpaired) electrons. The van der Waals surface area contributed by atoms with Crippen LogP contribution in [0.4, 0.5) is 0 Å². The molecule has 3 fully saturated rings. The summed E-state index contributed by atoms with van der Waals surface area (Å²) in [5.74, 6) is -1.70. The van der Waals surface area contributed by atoms with Crippen LogP contribution in [0.3, 0.4) is 0 Å². The molecule has 3 amide bonds. The van der Waals surface area contributed by atoms with Crippen molar-refractivity contribution in [3.05, 3.63) is 0 Å². The Balaban J connectivity index is 1.96. The van der Waals surface area contributed by atoms with Crippen LogP contribution in [0.25, 0.3) is 0 Å². The lowest BCUT2D eigenvalue weighted by molar-refractivity contribution is -0.148. The summed E-state index contributed by atoms with van der Waals surface area (Å²) in [6, 6.07) is -0.750. The molecule has 6 atom stereocenters. The van der Waals surface area contributed by atoms with Crippen LogP contribution in [0.15, 0.2) is 0 Å². The number of likely N-dealkylation sites (tertiary alicyclic amines) is 1. The Bertz CT molecular complexity index is 766. The molecule has 0 aromatic carbocycles. The Morgan fingerprint density at radius 3 is 2.45 bits per heavy atom. The number of hydrogen-bond donors (Lipinski definition) is 3. The molecule has 3 aliphatic rings. The third-order valence-corrected chi connectivity index (χ3v) is 7.70. The van der Waals surface area contributed by atoms with E-state index in [0.29, 0.717) is 19.5 Å². The molecule has 3 N–H and O–H groups in total. The van der Waals surface area contributed by atoms with Crippen LogP contribution in [0.1, 0.15) is 80.1 Å². The molecule has 0 aromatic heterocycles. The number of carbonyl (C=O) groups is 3. The van der Waals surface area contributed by atoms with Crippen LogP contribution in [0, 0.1) is 17.8 Å². The second-order valence-corrected chi connectivity index (χ2v) is 11.4. The van der Waals surface area contributed by atoms with E-state index in [-0.39, 0.29) is 30.2 Å². The maximum absolute atomic E-state index is 13.9. The van der Waals surface area contributed by atoms with Gasteiger partial charge >= 0.3 is 0 Å². The average molecular weight is 466 g/mol. The second kappa shape index (κ2) is 9.53. The molecule has 33 heavy (non-hydrogen) atoms. The highest BCUT2D eigenvalue weighted by molar-refractivity contribution is 5.99. The van der Waals surface area contributed by atoms with E-state index in [1.54, 1.807) is 4.90 Å². The first kappa shape index (κ1) is 25.9. The van der Waals surface area contributed by atoms with Crippen molar-refractivity contribution in [1.29, 1.82) is 0 Å². The zero-order valence-corrected chi connectivity index (χ0v) is 21.2. The summed E-state index contributed by atoms with van der Waals surface area (Å²) in [5.41, 5.74) is -2.21. The number of nitrogens with one attached hydrogen (secondary N) is 2. The highest BCUT2D eigenvalue weighted by Crippen LogP contribution is 2.65. The van der Waals surface area contributed by atoms with E-state index in [1.807, 2.05) is 34.6 Å². The van der Waals surface area contributed by atoms with Crippen LogP contribution in [0.2, 0.25) is 0 Å². The van der Waals surface area contributed by atoms with Crippen molar-refractivity contribution in [3.8, 4) is 0 Å². The molecule has 1 spiro atoms. The van der Waals surface area contributed by atoms with Gasteiger partial charge in [-0.25, -0.2) is 0 Å². The van der Waals surface area contributed by atoms with E-state index in [1.165, 1.54) is 0 Å². The van der Waals surface area contributed by atoms with Crippen molar-refractivity contribution in [3.63, 3.8) is 0 Å². The fourth-order valence-corrected chi connectivity index (χ4v) is 6.22. The maximum Gasteiger partial charge on any atom is 0.246 e. The van der Waals surface area contributed by atoms with Gasteiger partial charge in [-0.3, -0.25) is 14.4 Å². The number of aliphatic hydroxyl groups is 1. The van der Waals surface area contributed by atoms with E-state index in [9.17, 15) is 14.4 Å². The minimum absolute atomic E-state index is 0.0494. The fraction of sp³-hybridized carbons (Fsp3) is 0.880. The Morgan fingerprint density at radius 2 is 1.85 bits per heavy atom. The molecule has 3 rings (SSSR count). The first-order valence-corrected chi connectivity index (χ1v) is 12.6. The molecular weight excluding hydrogens is 422 g/mol. The van der Waals surface area contributed by atoms with Gasteiger partial charge in [0.15, 0.2) is 0 Å². The van der Waals surface area contributed by atoms with Gasteiger partial charge in [-0.05, 0) is 59.3 Å². The first-order chi connectivity index (χ1) is 15.4. The van der Waals surface area contributed by atoms with Crippen molar-refractivity contribution in [2.24, 2.45) is 17.8 Å². The van der Waals surface area contributed by atoms with Crippen LogP contribution in [-0.2, 0) is 19.1 Å². The van der Waals surface area contributed by atoms with E-state index >= 15 is 0 Å². The number of rotatable bonds is 10. The van der Waals surface area contributed by atoms with Crippen LogP contribution < -0.4 is 10.6 Å². The minimum Gasteiger partial charge on any atom is -0.396 e. The van der Waals surface area contributed by atoms with Gasteiger partial charge < -0.3 is 25.4 Å². The topological polar surface area (TPSA) is 108 Å². The molecule has 3 unspecified atom stereocenters. The third kappa shape index (κ3) is 4.53. The van der Waals surface area contributed by atoms with E-state index in [4.69, 9.17) is 9.84 Å². The second-order valence-electron chi connectivity index (χ2n) is 11.4. The Hall–Kier alpha value is -1.67. The molecule has 3 aliphatic heterocycles. The van der Waals surface area contributed by atoms with Crippen molar-refractivity contribution < 1.29 is 24.2 Å². The number of unbranched alkanes of at least 4 members (excludes halogenated alkanes) is 3. The first-order valence-electron chi connectivity index (χ1n) is 12.6. The van der Waals surface area contributed by atoms with Gasteiger partial charge in [-0.2, -0.15) is 0 Å². The van der Waals surface area contributed by atoms with Crippen molar-refractivity contribution in [1.82, 2.24) is 15.5 Å². The van der Waals surface area contributed by atoms with Crippen molar-refractivity contribution in [2.45, 2.75) is 103 Å². The SMILES string of the molecule is CCCNC(=O)[C@H]1[C@H]2C(=O)N(CCCCCCO)C(C(=O)NC(C)(C)C)C23CC(C)[C@]1(C)O3. The van der Waals surface area contributed by atoms with Crippen molar-refractivity contribution in [2.75, 3.05) is 19.7 Å². The lowest BCUT2D eigenvalue weighted by atomic mass is 9.62. The Labute approximate surface area is 198 Å². The normalized spacial score (nSPS) is 35.1. The molecule has 0 saturated carbocycles. The molecule has 0 aliphatic carbocycles. The number of nitrogens with zero attached hydrogens (tertiary/aromatic N) is 1. The van der Waals surface area contributed by atoms with Gasteiger partial charge in [0.1, 0.15) is 11.6 Å². The Kier molecular flexibility index (Phi) is 7.49. The lowest BCUT2D eigenvalue weighted by Gasteiger charge is -2.36. The van der Waals surface area contributed by atoms with Crippen LogP contribution >= 0.6 is 0 Å². The third-order valence-electron chi connectivity index (χ3n) is 7.70. The highest BCUT2D eigenvalue weighted by atomic mass is 16.5. The fourth-order valence-electron chi connectivity index (χ4n) is 6.22. The monoisotopic (exact) mass is 465 g/mol. The highest BCUT2D eigenvalue weighted by Gasteiger charge is 2.79. The summed E-state index contributed by atoms with van der Waals surface area (Å²) in [6.07, 6.45) is 4.61. The molecule has 8 heteroatoms. The summed E-state index contributed by atoms with van der Waals surface area (Å²) in [6.45, 7) is 12.9. The van der Waals surface area contributed by atoms with Gasteiger partial charge in [0.05, 0.1) is 17.4 Å². The molecule has 3 heterocycles. The molecular formula is C25H43N3O5. The number of fused-ring (bicyclic) bond motifs is 1. The standard InChI is InChI=1S/C25H43N3O5/c1-7-12-26-20(30)17-18-22(32)28(13-10-8-9-11-14-29)19(21(31)27-23(3,4)5)25(18)15-16(2)24(17,6)33-25/h16-19,29H,7-15H2,1-6H3,(H,26,30)(H,27,31)/t16?,17-,18+,19?,24+,25?/m1/s1. The smallest absolute Gasteiger partial charge is 0.246 e. The maximum atomic E-state index is 13.9. The quantitative estimate of drug-likeness (QED) is 0.428. The van der Waals surface area contributed by atoms with Gasteiger partial charge in [0.25, 0.3) is 0 Å². The van der Waals surface area contributed by atoms with Crippen LogP contribution in [0.5, 0.6) is 0 Å². The van der Waals surface area contributed by atoms with Gasteiger partial charge in [0.2, 0.25) is 17.7 Å². The molecule has 2 bridgehead atoms. The number of aliphatic hydroxyl groups excluding tert-OH is 1. The predicted octanol–water partition coefficient (Wildman–Crippen LogP) is 1.99. The predicted molar refractivity (Wildman–Crippen MR) is 125 cm³/mol. The summed E-state index contributed by atoms with van der Waals surface area (Å²) in [5, 5.41) is 15.1. The van der Waals surface area contributed by atoms with E-state index < -0.39 is 34.6 Å². The Morgan fingerprint density at radius 1 is 1.18 bits per heavy atom.